The Labute approximate surface area is 157 Å². The minimum absolute atomic E-state index is 0.134. The number of benzene rings is 1. The minimum Gasteiger partial charge on any atom is -0.450 e. The molecule has 1 amide bonds. The van der Waals surface area contributed by atoms with E-state index in [1.807, 2.05) is 24.3 Å². The van der Waals surface area contributed by atoms with Gasteiger partial charge in [0.1, 0.15) is 5.76 Å². The predicted octanol–water partition coefficient (Wildman–Crippen LogP) is 4.61. The molecule has 3 aromatic rings. The molecule has 3 rings (SSSR count). The Kier molecular flexibility index (Phi) is 5.31. The van der Waals surface area contributed by atoms with Crippen LogP contribution in [0, 0.1) is 5.41 Å². The van der Waals surface area contributed by atoms with Gasteiger partial charge in [0, 0.05) is 15.7 Å². The van der Waals surface area contributed by atoms with Crippen molar-refractivity contribution >= 4 is 39.7 Å². The van der Waals surface area contributed by atoms with Crippen molar-refractivity contribution in [3.8, 4) is 0 Å². The summed E-state index contributed by atoms with van der Waals surface area (Å²) in [6.45, 7) is 0. The van der Waals surface area contributed by atoms with Gasteiger partial charge in [0.2, 0.25) is 0 Å². The van der Waals surface area contributed by atoms with E-state index in [4.69, 9.17) is 21.4 Å². The van der Waals surface area contributed by atoms with Crippen molar-refractivity contribution in [3.63, 3.8) is 0 Å². The lowest BCUT2D eigenvalue weighted by Gasteiger charge is -2.18. The lowest BCUT2D eigenvalue weighted by atomic mass is 10.0. The molecule has 1 atom stereocenters. The molecule has 0 bridgehead atoms. The SMILES string of the molecule is N=Cc1ccc(C(=O)N[C@@H](c2ccc(Cl)cc2)c2ccc(Br)cn2)o1. The summed E-state index contributed by atoms with van der Waals surface area (Å²) in [6.07, 6.45) is 2.72. The van der Waals surface area contributed by atoms with Crippen LogP contribution in [0.3, 0.4) is 0 Å². The van der Waals surface area contributed by atoms with E-state index in [1.54, 1.807) is 24.4 Å². The maximum Gasteiger partial charge on any atom is 0.287 e. The number of amides is 1. The van der Waals surface area contributed by atoms with Gasteiger partial charge in [-0.05, 0) is 57.9 Å². The zero-order valence-electron chi connectivity index (χ0n) is 12.9. The molecule has 5 nitrogen and oxygen atoms in total. The Bertz CT molecular complexity index is 846. The first kappa shape index (κ1) is 17.4. The van der Waals surface area contributed by atoms with Gasteiger partial charge in [0.05, 0.1) is 18.0 Å². The summed E-state index contributed by atoms with van der Waals surface area (Å²) in [5.41, 5.74) is 1.52. The highest BCUT2D eigenvalue weighted by Crippen LogP contribution is 2.24. The normalized spacial score (nSPS) is 11.8. The molecular formula is C18H13BrClN3O2. The van der Waals surface area contributed by atoms with E-state index >= 15 is 0 Å². The van der Waals surface area contributed by atoms with Crippen LogP contribution in [-0.4, -0.2) is 17.1 Å². The van der Waals surface area contributed by atoms with Crippen molar-refractivity contribution in [2.24, 2.45) is 0 Å². The second kappa shape index (κ2) is 7.63. The van der Waals surface area contributed by atoms with Crippen LogP contribution in [-0.2, 0) is 0 Å². The van der Waals surface area contributed by atoms with Crippen LogP contribution in [0.1, 0.15) is 33.6 Å². The predicted molar refractivity (Wildman–Crippen MR) is 99.3 cm³/mol. The third-order valence-corrected chi connectivity index (χ3v) is 4.24. The van der Waals surface area contributed by atoms with Crippen molar-refractivity contribution < 1.29 is 9.21 Å². The van der Waals surface area contributed by atoms with Crippen LogP contribution in [0.5, 0.6) is 0 Å². The van der Waals surface area contributed by atoms with Crippen LogP contribution in [0.4, 0.5) is 0 Å². The number of carbonyl (C=O) groups excluding carboxylic acids is 1. The topological polar surface area (TPSA) is 79.0 Å². The summed E-state index contributed by atoms with van der Waals surface area (Å²) >= 11 is 9.31. The van der Waals surface area contributed by atoms with Crippen LogP contribution in [0.2, 0.25) is 5.02 Å². The van der Waals surface area contributed by atoms with Gasteiger partial charge in [0.25, 0.3) is 5.91 Å². The number of nitrogens with one attached hydrogen (secondary N) is 2. The van der Waals surface area contributed by atoms with E-state index in [0.29, 0.717) is 16.5 Å². The van der Waals surface area contributed by atoms with Gasteiger partial charge in [-0.25, -0.2) is 0 Å². The zero-order valence-corrected chi connectivity index (χ0v) is 15.2. The molecule has 7 heteroatoms. The van der Waals surface area contributed by atoms with Gasteiger partial charge in [-0.3, -0.25) is 9.78 Å². The van der Waals surface area contributed by atoms with Gasteiger partial charge < -0.3 is 15.1 Å². The molecule has 2 N–H and O–H groups in total. The number of halogens is 2. The largest absolute Gasteiger partial charge is 0.450 e. The number of hydrogen-bond acceptors (Lipinski definition) is 4. The number of pyridine rings is 1. The molecular weight excluding hydrogens is 406 g/mol. The van der Waals surface area contributed by atoms with Gasteiger partial charge in [0.15, 0.2) is 5.76 Å². The van der Waals surface area contributed by atoms with Crippen molar-refractivity contribution in [1.82, 2.24) is 10.3 Å². The lowest BCUT2D eigenvalue weighted by Crippen LogP contribution is -2.29. The number of aromatic nitrogens is 1. The highest BCUT2D eigenvalue weighted by molar-refractivity contribution is 9.10. The Morgan fingerprint density at radius 3 is 2.56 bits per heavy atom. The molecule has 1 aromatic carbocycles. The number of hydrogen-bond donors (Lipinski definition) is 2. The fourth-order valence-electron chi connectivity index (χ4n) is 2.30. The van der Waals surface area contributed by atoms with Crippen LogP contribution in [0.25, 0.3) is 0 Å². The van der Waals surface area contributed by atoms with Crippen LogP contribution < -0.4 is 5.32 Å². The molecule has 0 unspecified atom stereocenters. The van der Waals surface area contributed by atoms with Crippen molar-refractivity contribution in [2.75, 3.05) is 0 Å². The van der Waals surface area contributed by atoms with Crippen molar-refractivity contribution in [2.45, 2.75) is 6.04 Å². The Morgan fingerprint density at radius 1 is 1.20 bits per heavy atom. The molecule has 0 spiro atoms. The van der Waals surface area contributed by atoms with E-state index in [-0.39, 0.29) is 5.76 Å². The van der Waals surface area contributed by atoms with Gasteiger partial charge in [-0.1, -0.05) is 23.7 Å². The van der Waals surface area contributed by atoms with Crippen molar-refractivity contribution in [3.05, 3.63) is 87.0 Å². The first-order valence-corrected chi connectivity index (χ1v) is 8.52. The Morgan fingerprint density at radius 2 is 1.96 bits per heavy atom. The van der Waals surface area contributed by atoms with Crippen LogP contribution >= 0.6 is 27.5 Å². The smallest absolute Gasteiger partial charge is 0.287 e. The van der Waals surface area contributed by atoms with E-state index in [0.717, 1.165) is 16.3 Å². The summed E-state index contributed by atoms with van der Waals surface area (Å²) in [7, 11) is 0. The maximum absolute atomic E-state index is 12.5. The molecule has 2 aromatic heterocycles. The Balaban J connectivity index is 1.92. The second-order valence-corrected chi connectivity index (χ2v) is 6.56. The molecule has 2 heterocycles. The van der Waals surface area contributed by atoms with Gasteiger partial charge in [-0.15, -0.1) is 0 Å². The zero-order chi connectivity index (χ0) is 17.8. The lowest BCUT2D eigenvalue weighted by molar-refractivity contribution is 0.0914. The number of carbonyl (C=O) groups is 1. The molecule has 0 saturated carbocycles. The monoisotopic (exact) mass is 417 g/mol. The molecule has 25 heavy (non-hydrogen) atoms. The van der Waals surface area contributed by atoms with Crippen molar-refractivity contribution in [1.29, 1.82) is 5.41 Å². The molecule has 0 aliphatic heterocycles. The third-order valence-electron chi connectivity index (χ3n) is 3.52. The average Bonchev–Trinajstić information content (AvgIpc) is 3.11. The summed E-state index contributed by atoms with van der Waals surface area (Å²) in [5.74, 6) is 0.0577. The first-order chi connectivity index (χ1) is 12.1. The second-order valence-electron chi connectivity index (χ2n) is 5.21. The standard InChI is InChI=1S/C18H13BrClN3O2/c19-12-3-7-15(22-10-12)17(11-1-4-13(20)5-2-11)23-18(24)16-8-6-14(9-21)25-16/h1-10,17,21H,(H,23,24)/t17-/m0/s1. The van der Waals surface area contributed by atoms with Gasteiger partial charge >= 0.3 is 0 Å². The summed E-state index contributed by atoms with van der Waals surface area (Å²) < 4.78 is 6.15. The van der Waals surface area contributed by atoms with E-state index in [2.05, 4.69) is 26.2 Å². The molecule has 0 fully saturated rings. The minimum atomic E-state index is -0.466. The van der Waals surface area contributed by atoms with E-state index in [9.17, 15) is 4.79 Å². The average molecular weight is 419 g/mol. The fraction of sp³-hybridized carbons (Fsp3) is 0.0556. The third kappa shape index (κ3) is 4.15. The van der Waals surface area contributed by atoms with E-state index in [1.165, 1.54) is 6.07 Å². The summed E-state index contributed by atoms with van der Waals surface area (Å²) in [5, 5.41) is 10.7. The molecule has 0 radical (unpaired) electrons. The van der Waals surface area contributed by atoms with Crippen LogP contribution in [0.15, 0.2) is 63.6 Å². The maximum atomic E-state index is 12.5. The quantitative estimate of drug-likeness (QED) is 0.594. The van der Waals surface area contributed by atoms with E-state index < -0.39 is 11.9 Å². The highest BCUT2D eigenvalue weighted by atomic mass is 79.9. The molecule has 0 aliphatic carbocycles. The number of nitrogens with zero attached hydrogens (tertiary/aromatic N) is 1. The number of furan rings is 1. The molecule has 0 saturated heterocycles. The first-order valence-electron chi connectivity index (χ1n) is 7.35. The molecule has 0 aliphatic rings. The fourth-order valence-corrected chi connectivity index (χ4v) is 2.66. The Hall–Kier alpha value is -2.44. The summed E-state index contributed by atoms with van der Waals surface area (Å²) in [4.78, 5) is 16.9. The molecule has 126 valence electrons. The highest BCUT2D eigenvalue weighted by Gasteiger charge is 2.21. The summed E-state index contributed by atoms with van der Waals surface area (Å²) in [6, 6.07) is 13.5. The van der Waals surface area contributed by atoms with Gasteiger partial charge in [-0.2, -0.15) is 0 Å². The number of rotatable bonds is 5.